The van der Waals surface area contributed by atoms with Crippen LogP contribution in [0.5, 0.6) is 0 Å². The van der Waals surface area contributed by atoms with E-state index >= 15 is 0 Å². The molecule has 1 atom stereocenters. The maximum Gasteiger partial charge on any atom is 0.272 e. The number of amides is 2. The van der Waals surface area contributed by atoms with E-state index < -0.39 is 16.1 Å². The average molecular weight is 543 g/mol. The van der Waals surface area contributed by atoms with Crippen LogP contribution in [-0.4, -0.2) is 86.3 Å². The number of nitrogens with zero attached hydrogens (tertiary/aromatic N) is 4. The fourth-order valence-electron chi connectivity index (χ4n) is 3.67. The largest absolute Gasteiger partial charge is 0.382 e. The van der Waals surface area contributed by atoms with Crippen molar-refractivity contribution in [2.75, 3.05) is 40.9 Å². The van der Waals surface area contributed by atoms with E-state index in [2.05, 4.69) is 4.98 Å². The number of methoxy groups -OCH3 is 1. The van der Waals surface area contributed by atoms with Gasteiger partial charge in [-0.25, -0.2) is 13.4 Å². The van der Waals surface area contributed by atoms with Crippen LogP contribution in [-0.2, 0) is 26.1 Å². The molecule has 34 heavy (non-hydrogen) atoms. The molecule has 9 nitrogen and oxygen atoms in total. The summed E-state index contributed by atoms with van der Waals surface area (Å²) in [4.78, 5) is 32.6. The highest BCUT2D eigenvalue weighted by molar-refractivity contribution is 7.91. The first-order chi connectivity index (χ1) is 16.1. The highest BCUT2D eigenvalue weighted by atomic mass is 35.5. The maximum atomic E-state index is 13.4. The molecule has 2 amide bonds. The van der Waals surface area contributed by atoms with Gasteiger partial charge >= 0.3 is 0 Å². The number of sulfonamides is 1. The van der Waals surface area contributed by atoms with Crippen LogP contribution < -0.4 is 0 Å². The standard InChI is InChI=1S/C21H23ClN4O5S3/c1-24(2)21(28)16-12-32-18(23-16)9-26-15(11-31-3)8-25(10-19(26)27)34(29,30)20-6-13-4-5-14(22)7-17(13)33-20/h4-7,12,15H,8-11H2,1-3H3/t15-/m1/s1. The van der Waals surface area contributed by atoms with Crippen molar-refractivity contribution in [2.45, 2.75) is 16.8 Å². The predicted molar refractivity (Wildman–Crippen MR) is 132 cm³/mol. The van der Waals surface area contributed by atoms with Crippen LogP contribution in [0.25, 0.3) is 10.1 Å². The topological polar surface area (TPSA) is 100 Å². The van der Waals surface area contributed by atoms with E-state index in [0.29, 0.717) is 15.7 Å². The van der Waals surface area contributed by atoms with Crippen molar-refractivity contribution in [1.29, 1.82) is 0 Å². The second-order valence-corrected chi connectivity index (χ2v) is 12.6. The van der Waals surface area contributed by atoms with Crippen LogP contribution in [0.15, 0.2) is 33.9 Å². The molecule has 182 valence electrons. The normalized spacial score (nSPS) is 17.5. The van der Waals surface area contributed by atoms with Gasteiger partial charge in [0.05, 0.1) is 25.7 Å². The summed E-state index contributed by atoms with van der Waals surface area (Å²) in [7, 11) is 0.898. The molecule has 0 bridgehead atoms. The van der Waals surface area contributed by atoms with Gasteiger partial charge in [0, 0.05) is 42.9 Å². The number of ether oxygens (including phenoxy) is 1. The molecule has 0 unspecified atom stereocenters. The molecule has 0 aliphatic carbocycles. The first-order valence-corrected chi connectivity index (χ1v) is 13.7. The minimum absolute atomic E-state index is 0.0891. The molecule has 0 saturated carbocycles. The van der Waals surface area contributed by atoms with Gasteiger partial charge in [0.15, 0.2) is 0 Å². The Bertz CT molecular complexity index is 1340. The lowest BCUT2D eigenvalue weighted by atomic mass is 10.2. The number of benzene rings is 1. The molecule has 1 saturated heterocycles. The molecular formula is C21H23ClN4O5S3. The lowest BCUT2D eigenvalue weighted by Crippen LogP contribution is -2.58. The number of carbonyl (C=O) groups is 2. The summed E-state index contributed by atoms with van der Waals surface area (Å²) in [6, 6.07) is 6.31. The number of thiazole rings is 1. The Morgan fingerprint density at radius 3 is 2.79 bits per heavy atom. The number of fused-ring (bicyclic) bond motifs is 1. The van der Waals surface area contributed by atoms with E-state index in [1.165, 1.54) is 27.7 Å². The highest BCUT2D eigenvalue weighted by Gasteiger charge is 2.39. The van der Waals surface area contributed by atoms with Crippen molar-refractivity contribution in [3.05, 3.63) is 45.4 Å². The smallest absolute Gasteiger partial charge is 0.272 e. The number of piperazine rings is 1. The number of hydrogen-bond acceptors (Lipinski definition) is 8. The van der Waals surface area contributed by atoms with Crippen molar-refractivity contribution >= 4 is 66.2 Å². The van der Waals surface area contributed by atoms with Gasteiger partial charge in [0.2, 0.25) is 5.91 Å². The Labute approximate surface area is 210 Å². The number of aromatic nitrogens is 1. The molecule has 1 fully saturated rings. The fourth-order valence-corrected chi connectivity index (χ4v) is 7.69. The second-order valence-electron chi connectivity index (χ2n) is 8.00. The molecule has 13 heteroatoms. The van der Waals surface area contributed by atoms with Crippen LogP contribution in [0, 0.1) is 0 Å². The predicted octanol–water partition coefficient (Wildman–Crippen LogP) is 2.76. The lowest BCUT2D eigenvalue weighted by Gasteiger charge is -2.39. The summed E-state index contributed by atoms with van der Waals surface area (Å²) < 4.78 is 34.2. The molecular weight excluding hydrogens is 520 g/mol. The van der Waals surface area contributed by atoms with Gasteiger partial charge in [-0.1, -0.05) is 17.7 Å². The summed E-state index contributed by atoms with van der Waals surface area (Å²) in [5.74, 6) is -0.570. The quantitative estimate of drug-likeness (QED) is 0.455. The van der Waals surface area contributed by atoms with E-state index in [4.69, 9.17) is 16.3 Å². The van der Waals surface area contributed by atoms with Crippen molar-refractivity contribution in [3.8, 4) is 0 Å². The molecule has 4 rings (SSSR count). The van der Waals surface area contributed by atoms with Crippen molar-refractivity contribution in [2.24, 2.45) is 0 Å². The molecule has 1 aliphatic heterocycles. The number of hydrogen-bond donors (Lipinski definition) is 0. The van der Waals surface area contributed by atoms with Gasteiger partial charge in [-0.2, -0.15) is 4.31 Å². The van der Waals surface area contributed by atoms with E-state index in [0.717, 1.165) is 21.4 Å². The molecule has 3 aromatic rings. The third kappa shape index (κ3) is 4.97. The van der Waals surface area contributed by atoms with Crippen molar-refractivity contribution in [3.63, 3.8) is 0 Å². The van der Waals surface area contributed by atoms with Crippen molar-refractivity contribution in [1.82, 2.24) is 19.1 Å². The zero-order valence-electron chi connectivity index (χ0n) is 18.7. The minimum atomic E-state index is -3.89. The first-order valence-electron chi connectivity index (χ1n) is 10.2. The van der Waals surface area contributed by atoms with Crippen LogP contribution in [0.3, 0.4) is 0 Å². The van der Waals surface area contributed by atoms with Crippen LogP contribution in [0.4, 0.5) is 0 Å². The summed E-state index contributed by atoms with van der Waals surface area (Å²) in [6.07, 6.45) is 0. The van der Waals surface area contributed by atoms with E-state index in [1.807, 2.05) is 0 Å². The third-order valence-electron chi connectivity index (χ3n) is 5.38. The van der Waals surface area contributed by atoms with Crippen LogP contribution in [0.1, 0.15) is 15.5 Å². The number of carbonyl (C=O) groups excluding carboxylic acids is 2. The zero-order chi connectivity index (χ0) is 24.6. The summed E-state index contributed by atoms with van der Waals surface area (Å²) in [5, 5.41) is 3.55. The SMILES string of the molecule is COC[C@H]1CN(S(=O)(=O)c2cc3ccc(Cl)cc3s2)CC(=O)N1Cc1nc(C(=O)N(C)C)cs1. The summed E-state index contributed by atoms with van der Waals surface area (Å²) in [6.45, 7) is 0.139. The van der Waals surface area contributed by atoms with Crippen LogP contribution >= 0.6 is 34.3 Å². The Hall–Kier alpha value is -2.09. The maximum absolute atomic E-state index is 13.4. The molecule has 0 N–H and O–H groups in total. The molecule has 1 aromatic carbocycles. The van der Waals surface area contributed by atoms with E-state index in [9.17, 15) is 18.0 Å². The monoisotopic (exact) mass is 542 g/mol. The fraction of sp³-hybridized carbons (Fsp3) is 0.381. The Morgan fingerprint density at radius 1 is 1.32 bits per heavy atom. The van der Waals surface area contributed by atoms with E-state index in [1.54, 1.807) is 48.6 Å². The van der Waals surface area contributed by atoms with Gasteiger partial charge < -0.3 is 14.5 Å². The molecule has 0 radical (unpaired) electrons. The molecule has 3 heterocycles. The highest BCUT2D eigenvalue weighted by Crippen LogP contribution is 2.33. The van der Waals surface area contributed by atoms with Gasteiger partial charge in [-0.05, 0) is 23.6 Å². The minimum Gasteiger partial charge on any atom is -0.382 e. The molecule has 2 aromatic heterocycles. The first kappa shape index (κ1) is 25.0. The van der Waals surface area contributed by atoms with Gasteiger partial charge in [-0.15, -0.1) is 22.7 Å². The summed E-state index contributed by atoms with van der Waals surface area (Å²) >= 11 is 8.45. The lowest BCUT2D eigenvalue weighted by molar-refractivity contribution is -0.139. The van der Waals surface area contributed by atoms with Crippen molar-refractivity contribution < 1.29 is 22.7 Å². The zero-order valence-corrected chi connectivity index (χ0v) is 21.9. The number of halogens is 1. The van der Waals surface area contributed by atoms with Gasteiger partial charge in [-0.3, -0.25) is 9.59 Å². The Morgan fingerprint density at radius 2 is 2.09 bits per heavy atom. The number of rotatable bonds is 7. The number of thiophene rings is 1. The molecule has 0 spiro atoms. The third-order valence-corrected chi connectivity index (χ3v) is 9.81. The average Bonchev–Trinajstić information content (AvgIpc) is 3.42. The summed E-state index contributed by atoms with van der Waals surface area (Å²) in [5.41, 5.74) is 0.312. The molecule has 1 aliphatic rings. The Balaban J connectivity index is 1.56. The second kappa shape index (κ2) is 9.88. The Kier molecular flexibility index (Phi) is 7.27. The van der Waals surface area contributed by atoms with Gasteiger partial charge in [0.1, 0.15) is 14.9 Å². The van der Waals surface area contributed by atoms with Gasteiger partial charge in [0.25, 0.3) is 15.9 Å². The van der Waals surface area contributed by atoms with Crippen LogP contribution in [0.2, 0.25) is 5.02 Å². The van der Waals surface area contributed by atoms with E-state index in [-0.39, 0.29) is 42.3 Å².